The van der Waals surface area contributed by atoms with Crippen LogP contribution in [0.5, 0.6) is 0 Å². The van der Waals surface area contributed by atoms with E-state index in [0.717, 1.165) is 17.2 Å². The molecule has 0 aliphatic carbocycles. The van der Waals surface area contributed by atoms with Crippen molar-refractivity contribution in [2.75, 3.05) is 5.32 Å². The lowest BCUT2D eigenvalue weighted by molar-refractivity contribution is -0.105. The van der Waals surface area contributed by atoms with E-state index in [0.29, 0.717) is 22.6 Å². The van der Waals surface area contributed by atoms with Crippen LogP contribution < -0.4 is 5.32 Å². The molecule has 0 radical (unpaired) electrons. The van der Waals surface area contributed by atoms with Crippen molar-refractivity contribution in [2.24, 2.45) is 0 Å². The average Bonchev–Trinajstić information content (AvgIpc) is 2.58. The molecule has 0 aliphatic heterocycles. The first kappa shape index (κ1) is 8.40. The van der Waals surface area contributed by atoms with Crippen molar-refractivity contribution >= 4 is 46.5 Å². The molecule has 13 heavy (non-hydrogen) atoms. The van der Waals surface area contributed by atoms with Gasteiger partial charge in [-0.05, 0) is 12.1 Å². The third-order valence-electron chi connectivity index (χ3n) is 1.58. The van der Waals surface area contributed by atoms with Gasteiger partial charge in [-0.3, -0.25) is 4.79 Å². The molecular formula is C7H4ClN3OS. The molecule has 1 aromatic carbocycles. The molecule has 0 saturated heterocycles. The number of rotatable bonds is 2. The smallest absolute Gasteiger partial charge is 0.211 e. The number of hydrogen-bond donors (Lipinski definition) is 1. The summed E-state index contributed by atoms with van der Waals surface area (Å²) < 4.78 is 8.04. The predicted octanol–water partition coefficient (Wildman–Crippen LogP) is 1.91. The van der Waals surface area contributed by atoms with Crippen molar-refractivity contribution < 1.29 is 4.79 Å². The van der Waals surface area contributed by atoms with Crippen molar-refractivity contribution in [1.29, 1.82) is 0 Å². The Morgan fingerprint density at radius 3 is 3.08 bits per heavy atom. The van der Waals surface area contributed by atoms with Gasteiger partial charge in [0, 0.05) is 0 Å². The Kier molecular flexibility index (Phi) is 2.12. The summed E-state index contributed by atoms with van der Waals surface area (Å²) in [4.78, 5) is 10.3. The van der Waals surface area contributed by atoms with Gasteiger partial charge in [0.05, 0.1) is 22.4 Å². The van der Waals surface area contributed by atoms with E-state index >= 15 is 0 Å². The number of hydrogen-bond acceptors (Lipinski definition) is 4. The van der Waals surface area contributed by atoms with Crippen LogP contribution in [0.2, 0.25) is 5.02 Å². The lowest BCUT2D eigenvalue weighted by Crippen LogP contribution is -1.95. The summed E-state index contributed by atoms with van der Waals surface area (Å²) in [5, 5.41) is 2.96. The molecule has 0 aliphatic rings. The standard InChI is InChI=1S/C7H4ClN3OS/c8-4-1-2-5-7(11-13-10-5)6(4)9-3-12/h1-3H,(H,9,12). The maximum atomic E-state index is 10.3. The second-order valence-electron chi connectivity index (χ2n) is 2.32. The summed E-state index contributed by atoms with van der Waals surface area (Å²) in [5.41, 5.74) is 1.88. The molecule has 1 amide bonds. The molecule has 6 heteroatoms. The quantitative estimate of drug-likeness (QED) is 0.776. The number of amides is 1. The second-order valence-corrected chi connectivity index (χ2v) is 3.25. The number of aromatic nitrogens is 2. The number of anilines is 1. The highest BCUT2D eigenvalue weighted by Crippen LogP contribution is 2.29. The molecule has 2 aromatic rings. The van der Waals surface area contributed by atoms with Crippen molar-refractivity contribution in [3.05, 3.63) is 17.2 Å². The van der Waals surface area contributed by atoms with Gasteiger partial charge in [0.15, 0.2) is 0 Å². The van der Waals surface area contributed by atoms with Gasteiger partial charge in [-0.25, -0.2) is 0 Å². The molecule has 0 saturated carbocycles. The Labute approximate surface area is 82.9 Å². The first-order valence-corrected chi connectivity index (χ1v) is 4.54. The minimum Gasteiger partial charge on any atom is -0.326 e. The fraction of sp³-hybridized carbons (Fsp3) is 0. The molecule has 1 N–H and O–H groups in total. The van der Waals surface area contributed by atoms with E-state index in [-0.39, 0.29) is 0 Å². The maximum Gasteiger partial charge on any atom is 0.211 e. The zero-order chi connectivity index (χ0) is 9.26. The largest absolute Gasteiger partial charge is 0.326 e. The van der Waals surface area contributed by atoms with Crippen LogP contribution in [0.15, 0.2) is 12.1 Å². The van der Waals surface area contributed by atoms with Crippen molar-refractivity contribution in [3.63, 3.8) is 0 Å². The minimum absolute atomic E-state index is 0.465. The Morgan fingerprint density at radius 2 is 2.31 bits per heavy atom. The molecule has 66 valence electrons. The van der Waals surface area contributed by atoms with E-state index in [2.05, 4.69) is 14.1 Å². The molecule has 1 aromatic heterocycles. The first-order valence-electron chi connectivity index (χ1n) is 3.44. The summed E-state index contributed by atoms with van der Waals surface area (Å²) in [7, 11) is 0. The summed E-state index contributed by atoms with van der Waals surface area (Å²) in [5.74, 6) is 0. The predicted molar refractivity (Wildman–Crippen MR) is 52.1 cm³/mol. The third kappa shape index (κ3) is 1.36. The Hall–Kier alpha value is -1.20. The van der Waals surface area contributed by atoms with Crippen LogP contribution in [0.1, 0.15) is 0 Å². The molecule has 4 nitrogen and oxygen atoms in total. The zero-order valence-corrected chi connectivity index (χ0v) is 7.89. The zero-order valence-electron chi connectivity index (χ0n) is 6.32. The number of fused-ring (bicyclic) bond motifs is 1. The molecule has 0 bridgehead atoms. The van der Waals surface area contributed by atoms with Gasteiger partial charge in [0.2, 0.25) is 6.41 Å². The fourth-order valence-electron chi connectivity index (χ4n) is 1.02. The van der Waals surface area contributed by atoms with Crippen molar-refractivity contribution in [1.82, 2.24) is 8.75 Å². The van der Waals surface area contributed by atoms with Gasteiger partial charge < -0.3 is 5.32 Å². The highest BCUT2D eigenvalue weighted by molar-refractivity contribution is 7.00. The number of carbonyl (C=O) groups is 1. The van der Waals surface area contributed by atoms with E-state index < -0.39 is 0 Å². The van der Waals surface area contributed by atoms with Gasteiger partial charge in [-0.2, -0.15) is 8.75 Å². The van der Waals surface area contributed by atoms with Crippen LogP contribution in [0.3, 0.4) is 0 Å². The van der Waals surface area contributed by atoms with E-state index in [1.54, 1.807) is 12.1 Å². The molecule has 0 atom stereocenters. The van der Waals surface area contributed by atoms with E-state index in [4.69, 9.17) is 11.6 Å². The summed E-state index contributed by atoms with van der Waals surface area (Å²) in [6, 6.07) is 3.44. The van der Waals surface area contributed by atoms with Crippen LogP contribution in [0.25, 0.3) is 11.0 Å². The van der Waals surface area contributed by atoms with Crippen LogP contribution in [0, 0.1) is 0 Å². The number of benzene rings is 1. The summed E-state index contributed by atoms with van der Waals surface area (Å²) in [6.45, 7) is 0. The topological polar surface area (TPSA) is 54.9 Å². The lowest BCUT2D eigenvalue weighted by atomic mass is 10.2. The third-order valence-corrected chi connectivity index (χ3v) is 2.44. The molecule has 0 unspecified atom stereocenters. The summed E-state index contributed by atoms with van der Waals surface area (Å²) in [6.07, 6.45) is 0.569. The van der Waals surface area contributed by atoms with Gasteiger partial charge in [0.1, 0.15) is 11.0 Å². The van der Waals surface area contributed by atoms with E-state index in [9.17, 15) is 4.79 Å². The maximum absolute atomic E-state index is 10.3. The van der Waals surface area contributed by atoms with Gasteiger partial charge >= 0.3 is 0 Å². The molecular weight excluding hydrogens is 210 g/mol. The van der Waals surface area contributed by atoms with Gasteiger partial charge in [-0.15, -0.1) is 0 Å². The molecule has 1 heterocycles. The van der Waals surface area contributed by atoms with Crippen LogP contribution >= 0.6 is 23.3 Å². The normalized spacial score (nSPS) is 10.2. The van der Waals surface area contributed by atoms with Crippen molar-refractivity contribution in [3.8, 4) is 0 Å². The molecule has 0 fully saturated rings. The molecule has 2 rings (SSSR count). The van der Waals surface area contributed by atoms with Gasteiger partial charge in [0.25, 0.3) is 0 Å². The Balaban J connectivity index is 2.72. The van der Waals surface area contributed by atoms with Crippen LogP contribution in [-0.4, -0.2) is 15.2 Å². The average molecular weight is 214 g/mol. The van der Waals surface area contributed by atoms with Gasteiger partial charge in [-0.1, -0.05) is 11.6 Å². The van der Waals surface area contributed by atoms with E-state index in [1.807, 2.05) is 0 Å². The number of nitrogens with one attached hydrogen (secondary N) is 1. The van der Waals surface area contributed by atoms with Crippen molar-refractivity contribution in [2.45, 2.75) is 0 Å². The van der Waals surface area contributed by atoms with E-state index in [1.165, 1.54) is 0 Å². The lowest BCUT2D eigenvalue weighted by Gasteiger charge is -2.00. The summed E-state index contributed by atoms with van der Waals surface area (Å²) >= 11 is 6.94. The number of carbonyl (C=O) groups excluding carboxylic acids is 1. The minimum atomic E-state index is 0.465. The monoisotopic (exact) mass is 213 g/mol. The second kappa shape index (κ2) is 3.27. The SMILES string of the molecule is O=CNc1c(Cl)ccc2nsnc12. The Bertz CT molecular complexity index is 456. The first-order chi connectivity index (χ1) is 6.33. The highest BCUT2D eigenvalue weighted by Gasteiger charge is 2.08. The Morgan fingerprint density at radius 1 is 1.46 bits per heavy atom. The number of nitrogens with zero attached hydrogens (tertiary/aromatic N) is 2. The fourth-order valence-corrected chi connectivity index (χ4v) is 1.77. The van der Waals surface area contributed by atoms with Crippen LogP contribution in [-0.2, 0) is 4.79 Å². The molecule has 0 spiro atoms. The highest BCUT2D eigenvalue weighted by atomic mass is 35.5. The van der Waals surface area contributed by atoms with Crippen LogP contribution in [0.4, 0.5) is 5.69 Å². The number of halogens is 1.